The molecule has 7 nitrogen and oxygen atoms in total. The highest BCUT2D eigenvalue weighted by molar-refractivity contribution is 14.0. The van der Waals surface area contributed by atoms with Gasteiger partial charge in [-0.25, -0.2) is 0 Å². The number of aromatic nitrogens is 3. The van der Waals surface area contributed by atoms with Crippen molar-refractivity contribution in [2.75, 3.05) is 26.7 Å². The zero-order valence-corrected chi connectivity index (χ0v) is 20.8. The molecule has 2 aromatic rings. The molecule has 2 aliphatic heterocycles. The molecule has 2 aliphatic rings. The standard InChI is InChI=1S/C20H26Cl2N6O.HI/c1-23-20(24-12-19-26-25-18-3-2-6-28(18)19)27-7-4-14(5-8-27)13-29-17-10-15(21)9-16(22)11-17;/h9-11,14H,2-8,12-13H2,1H3,(H,23,24);1H. The molecule has 0 radical (unpaired) electrons. The van der Waals surface area contributed by atoms with Gasteiger partial charge in [-0.15, -0.1) is 34.2 Å². The quantitative estimate of drug-likeness (QED) is 0.337. The van der Waals surface area contributed by atoms with Gasteiger partial charge >= 0.3 is 0 Å². The maximum atomic E-state index is 6.04. The highest BCUT2D eigenvalue weighted by Crippen LogP contribution is 2.26. The Hall–Kier alpha value is -1.26. The van der Waals surface area contributed by atoms with E-state index in [0.717, 1.165) is 68.7 Å². The average molecular weight is 565 g/mol. The molecule has 164 valence electrons. The van der Waals surface area contributed by atoms with Crippen LogP contribution in [0, 0.1) is 5.92 Å². The number of ether oxygens (including phenoxy) is 1. The van der Waals surface area contributed by atoms with Crippen LogP contribution in [0.3, 0.4) is 0 Å². The molecule has 30 heavy (non-hydrogen) atoms. The van der Waals surface area contributed by atoms with Crippen LogP contribution < -0.4 is 10.1 Å². The molecule has 0 atom stereocenters. The van der Waals surface area contributed by atoms with E-state index < -0.39 is 0 Å². The van der Waals surface area contributed by atoms with Gasteiger partial charge in [0.2, 0.25) is 0 Å². The summed E-state index contributed by atoms with van der Waals surface area (Å²) < 4.78 is 8.13. The minimum Gasteiger partial charge on any atom is -0.493 e. The van der Waals surface area contributed by atoms with Crippen LogP contribution in [0.5, 0.6) is 5.75 Å². The molecular formula is C20H27Cl2IN6O. The summed E-state index contributed by atoms with van der Waals surface area (Å²) >= 11 is 12.1. The van der Waals surface area contributed by atoms with E-state index in [0.29, 0.717) is 29.1 Å². The van der Waals surface area contributed by atoms with Gasteiger partial charge in [0.05, 0.1) is 13.2 Å². The molecule has 0 bridgehead atoms. The van der Waals surface area contributed by atoms with Gasteiger partial charge in [-0.2, -0.15) is 0 Å². The maximum Gasteiger partial charge on any atom is 0.194 e. The van der Waals surface area contributed by atoms with Crippen LogP contribution in [-0.4, -0.2) is 52.4 Å². The van der Waals surface area contributed by atoms with E-state index in [1.165, 1.54) is 0 Å². The van der Waals surface area contributed by atoms with E-state index in [4.69, 9.17) is 27.9 Å². The molecule has 0 amide bonds. The van der Waals surface area contributed by atoms with E-state index in [9.17, 15) is 0 Å². The summed E-state index contributed by atoms with van der Waals surface area (Å²) in [7, 11) is 1.83. The largest absolute Gasteiger partial charge is 0.493 e. The van der Waals surface area contributed by atoms with Crippen LogP contribution in [0.2, 0.25) is 10.0 Å². The molecule has 4 rings (SSSR count). The third-order valence-electron chi connectivity index (χ3n) is 5.54. The maximum absolute atomic E-state index is 6.04. The van der Waals surface area contributed by atoms with E-state index >= 15 is 0 Å². The van der Waals surface area contributed by atoms with Crippen LogP contribution in [-0.2, 0) is 19.5 Å². The van der Waals surface area contributed by atoms with E-state index in [1.54, 1.807) is 18.2 Å². The normalized spacial score (nSPS) is 16.9. The molecule has 3 heterocycles. The molecule has 10 heteroatoms. The number of halogens is 3. The van der Waals surface area contributed by atoms with Gasteiger partial charge in [0.25, 0.3) is 0 Å². The molecule has 1 N–H and O–H groups in total. The second-order valence-electron chi connectivity index (χ2n) is 7.53. The van der Waals surface area contributed by atoms with Gasteiger partial charge in [-0.3, -0.25) is 4.99 Å². The zero-order valence-electron chi connectivity index (χ0n) is 17.0. The predicted molar refractivity (Wildman–Crippen MR) is 130 cm³/mol. The summed E-state index contributed by atoms with van der Waals surface area (Å²) in [4.78, 5) is 6.76. The summed E-state index contributed by atoms with van der Waals surface area (Å²) in [6.45, 7) is 4.23. The summed E-state index contributed by atoms with van der Waals surface area (Å²) in [5.74, 6) is 4.23. The number of rotatable bonds is 5. The fraction of sp³-hybridized carbons (Fsp3) is 0.550. The summed E-state index contributed by atoms with van der Waals surface area (Å²) in [5, 5.41) is 13.2. The number of guanidine groups is 1. The Labute approximate surface area is 204 Å². The monoisotopic (exact) mass is 564 g/mol. The van der Waals surface area contributed by atoms with Crippen LogP contribution in [0.15, 0.2) is 23.2 Å². The van der Waals surface area contributed by atoms with E-state index in [2.05, 4.69) is 30.0 Å². The van der Waals surface area contributed by atoms with Gasteiger partial charge in [-0.05, 0) is 43.4 Å². The average Bonchev–Trinajstić information content (AvgIpc) is 3.32. The van der Waals surface area contributed by atoms with E-state index in [1.807, 2.05) is 7.05 Å². The Morgan fingerprint density at radius 2 is 1.90 bits per heavy atom. The second-order valence-corrected chi connectivity index (χ2v) is 8.41. The van der Waals surface area contributed by atoms with Crippen LogP contribution in [0.4, 0.5) is 0 Å². The Morgan fingerprint density at radius 3 is 2.60 bits per heavy atom. The van der Waals surface area contributed by atoms with Crippen molar-refractivity contribution in [3.05, 3.63) is 39.9 Å². The minimum absolute atomic E-state index is 0. The molecule has 1 aromatic carbocycles. The first-order chi connectivity index (χ1) is 14.1. The van der Waals surface area contributed by atoms with Crippen molar-refractivity contribution in [1.29, 1.82) is 0 Å². The molecular weight excluding hydrogens is 538 g/mol. The topological polar surface area (TPSA) is 67.6 Å². The highest BCUT2D eigenvalue weighted by atomic mass is 127. The van der Waals surface area contributed by atoms with Crippen molar-refractivity contribution in [1.82, 2.24) is 25.0 Å². The number of benzene rings is 1. The lowest BCUT2D eigenvalue weighted by atomic mass is 9.98. The summed E-state index contributed by atoms with van der Waals surface area (Å²) in [6, 6.07) is 5.31. The molecule has 0 spiro atoms. The summed E-state index contributed by atoms with van der Waals surface area (Å²) in [6.07, 6.45) is 4.28. The predicted octanol–water partition coefficient (Wildman–Crippen LogP) is 4.02. The fourth-order valence-electron chi connectivity index (χ4n) is 3.97. The van der Waals surface area contributed by atoms with Gasteiger partial charge < -0.3 is 19.5 Å². The number of nitrogens with one attached hydrogen (secondary N) is 1. The number of piperidine rings is 1. The molecule has 0 aliphatic carbocycles. The van der Waals surface area contributed by atoms with Gasteiger partial charge in [-0.1, -0.05) is 23.2 Å². The highest BCUT2D eigenvalue weighted by Gasteiger charge is 2.23. The lowest BCUT2D eigenvalue weighted by Gasteiger charge is -2.34. The number of aryl methyl sites for hydroxylation is 1. The SMILES string of the molecule is CN=C(NCc1nnc2n1CCC2)N1CCC(COc2cc(Cl)cc(Cl)c2)CC1.I. The molecule has 1 aromatic heterocycles. The van der Waals surface area contributed by atoms with Gasteiger partial charge in [0.1, 0.15) is 11.6 Å². The molecule has 0 saturated carbocycles. The van der Waals surface area contributed by atoms with Crippen LogP contribution in [0.25, 0.3) is 0 Å². The lowest BCUT2D eigenvalue weighted by molar-refractivity contribution is 0.179. The molecule has 1 fully saturated rings. The number of likely N-dealkylation sites (tertiary alicyclic amines) is 1. The number of hydrogen-bond donors (Lipinski definition) is 1. The third kappa shape index (κ3) is 5.70. The second kappa shape index (κ2) is 10.9. The Balaban J connectivity index is 0.00000256. The zero-order chi connectivity index (χ0) is 20.2. The van der Waals surface area contributed by atoms with Gasteiger partial charge in [0, 0.05) is 43.1 Å². The summed E-state index contributed by atoms with van der Waals surface area (Å²) in [5.41, 5.74) is 0. The molecule has 0 unspecified atom stereocenters. The van der Waals surface area contributed by atoms with Crippen molar-refractivity contribution in [2.24, 2.45) is 10.9 Å². The fourth-order valence-corrected chi connectivity index (χ4v) is 4.48. The number of aliphatic imine (C=N–C) groups is 1. The van der Waals surface area contributed by atoms with Crippen molar-refractivity contribution in [3.63, 3.8) is 0 Å². The molecule has 1 saturated heterocycles. The van der Waals surface area contributed by atoms with Crippen molar-refractivity contribution >= 4 is 53.1 Å². The van der Waals surface area contributed by atoms with Crippen LogP contribution in [0.1, 0.15) is 30.9 Å². The lowest BCUT2D eigenvalue weighted by Crippen LogP contribution is -2.46. The Morgan fingerprint density at radius 1 is 1.17 bits per heavy atom. The minimum atomic E-state index is 0. The number of fused-ring (bicyclic) bond motifs is 1. The first kappa shape index (κ1) is 23.4. The number of hydrogen-bond acceptors (Lipinski definition) is 4. The Bertz CT molecular complexity index is 862. The number of nitrogens with zero attached hydrogens (tertiary/aromatic N) is 5. The van der Waals surface area contributed by atoms with E-state index in [-0.39, 0.29) is 24.0 Å². The third-order valence-corrected chi connectivity index (χ3v) is 5.97. The van der Waals surface area contributed by atoms with Crippen molar-refractivity contribution < 1.29 is 4.74 Å². The van der Waals surface area contributed by atoms with Crippen molar-refractivity contribution in [3.8, 4) is 5.75 Å². The smallest absolute Gasteiger partial charge is 0.194 e. The Kier molecular flexibility index (Phi) is 8.47. The van der Waals surface area contributed by atoms with Gasteiger partial charge in [0.15, 0.2) is 11.8 Å². The van der Waals surface area contributed by atoms with Crippen molar-refractivity contribution in [2.45, 2.75) is 38.8 Å². The first-order valence-corrected chi connectivity index (χ1v) is 10.8. The van der Waals surface area contributed by atoms with Crippen LogP contribution >= 0.6 is 47.2 Å². The first-order valence-electron chi connectivity index (χ1n) is 10.1.